The van der Waals surface area contributed by atoms with Crippen LogP contribution in [0, 0.1) is 6.92 Å². The Morgan fingerprint density at radius 3 is 2.36 bits per heavy atom. The van der Waals surface area contributed by atoms with Gasteiger partial charge in [0.15, 0.2) is 0 Å². The number of hydrogen-bond acceptors (Lipinski definition) is 5. The highest BCUT2D eigenvalue weighted by atomic mass is 16.7. The molecule has 0 amide bonds. The Morgan fingerprint density at radius 1 is 0.929 bits per heavy atom. The van der Waals surface area contributed by atoms with E-state index in [2.05, 4.69) is 5.10 Å². The molecular formula is C23H20N2O3. The second-order valence-corrected chi connectivity index (χ2v) is 6.58. The van der Waals surface area contributed by atoms with E-state index >= 15 is 0 Å². The predicted octanol–water partition coefficient (Wildman–Crippen LogP) is 5.48. The Balaban J connectivity index is 1.53. The number of benzene rings is 3. The number of para-hydroxylation sites is 1. The van der Waals surface area contributed by atoms with E-state index in [9.17, 15) is 4.79 Å². The van der Waals surface area contributed by atoms with Crippen molar-refractivity contribution in [2.45, 2.75) is 19.4 Å². The number of rotatable bonds is 3. The van der Waals surface area contributed by atoms with Crippen molar-refractivity contribution in [2.24, 2.45) is 5.10 Å². The lowest BCUT2D eigenvalue weighted by Gasteiger charge is -2.23. The lowest BCUT2D eigenvalue weighted by atomic mass is 10.0. The van der Waals surface area contributed by atoms with E-state index in [-0.39, 0.29) is 6.04 Å². The van der Waals surface area contributed by atoms with Crippen LogP contribution in [0.3, 0.4) is 0 Å². The number of aryl methyl sites for hydroxylation is 1. The van der Waals surface area contributed by atoms with Gasteiger partial charge < -0.3 is 9.47 Å². The summed E-state index contributed by atoms with van der Waals surface area (Å²) in [6, 6.07) is 27.1. The molecule has 0 aromatic heterocycles. The highest BCUT2D eigenvalue weighted by Crippen LogP contribution is 2.35. The molecule has 3 aromatic carbocycles. The third kappa shape index (κ3) is 4.04. The van der Waals surface area contributed by atoms with Crippen LogP contribution in [0.4, 0.5) is 10.5 Å². The number of hydrazone groups is 1. The van der Waals surface area contributed by atoms with Gasteiger partial charge in [-0.25, -0.2) is 4.79 Å². The van der Waals surface area contributed by atoms with Crippen LogP contribution in [0.5, 0.6) is 5.75 Å². The van der Waals surface area contributed by atoms with Gasteiger partial charge in [0.1, 0.15) is 5.75 Å². The van der Waals surface area contributed by atoms with E-state index < -0.39 is 6.16 Å². The minimum Gasteiger partial charge on any atom is -0.395 e. The van der Waals surface area contributed by atoms with Crippen molar-refractivity contribution in [1.29, 1.82) is 0 Å². The molecule has 5 heteroatoms. The van der Waals surface area contributed by atoms with Crippen LogP contribution in [-0.4, -0.2) is 12.1 Å². The molecule has 1 aliphatic heterocycles. The van der Waals surface area contributed by atoms with Gasteiger partial charge in [-0.15, -0.1) is 5.10 Å². The summed E-state index contributed by atoms with van der Waals surface area (Å²) in [4.78, 5) is 12.2. The zero-order chi connectivity index (χ0) is 19.3. The van der Waals surface area contributed by atoms with Crippen LogP contribution in [-0.2, 0) is 4.74 Å². The molecule has 0 bridgehead atoms. The number of hydrogen-bond donors (Lipinski definition) is 0. The van der Waals surface area contributed by atoms with E-state index in [1.807, 2.05) is 84.7 Å². The van der Waals surface area contributed by atoms with Gasteiger partial charge in [-0.05, 0) is 42.3 Å². The molecule has 1 heterocycles. The van der Waals surface area contributed by atoms with Crippen LogP contribution in [0.25, 0.3) is 0 Å². The summed E-state index contributed by atoms with van der Waals surface area (Å²) in [5, 5.41) is 6.42. The maximum absolute atomic E-state index is 12.2. The quantitative estimate of drug-likeness (QED) is 0.451. The molecule has 1 unspecified atom stereocenters. The second-order valence-electron chi connectivity index (χ2n) is 6.58. The first-order valence-corrected chi connectivity index (χ1v) is 9.12. The molecule has 1 atom stereocenters. The molecule has 0 saturated carbocycles. The van der Waals surface area contributed by atoms with Gasteiger partial charge in [0.25, 0.3) is 0 Å². The van der Waals surface area contributed by atoms with Crippen molar-refractivity contribution in [3.8, 4) is 5.75 Å². The van der Waals surface area contributed by atoms with Crippen molar-refractivity contribution in [2.75, 3.05) is 5.01 Å². The maximum Gasteiger partial charge on any atom is 0.520 e. The van der Waals surface area contributed by atoms with Crippen LogP contribution < -0.4 is 9.75 Å². The van der Waals surface area contributed by atoms with Gasteiger partial charge in [-0.1, -0.05) is 60.7 Å². The third-order valence-electron chi connectivity index (χ3n) is 4.48. The summed E-state index contributed by atoms with van der Waals surface area (Å²) in [5.74, 6) is 0.776. The number of anilines is 1. The maximum atomic E-state index is 12.2. The molecular weight excluding hydrogens is 352 g/mol. The molecule has 140 valence electrons. The highest BCUT2D eigenvalue weighted by Gasteiger charge is 2.31. The van der Waals surface area contributed by atoms with Gasteiger partial charge in [-0.3, -0.25) is 5.01 Å². The molecule has 0 saturated heterocycles. The van der Waals surface area contributed by atoms with Gasteiger partial charge in [0, 0.05) is 0 Å². The van der Waals surface area contributed by atoms with E-state index in [1.54, 1.807) is 12.1 Å². The zero-order valence-corrected chi connectivity index (χ0v) is 15.5. The van der Waals surface area contributed by atoms with Gasteiger partial charge >= 0.3 is 6.16 Å². The van der Waals surface area contributed by atoms with Crippen molar-refractivity contribution in [3.05, 3.63) is 96.1 Å². The molecule has 0 radical (unpaired) electrons. The molecule has 4 rings (SSSR count). The minimum atomic E-state index is -0.786. The lowest BCUT2D eigenvalue weighted by Crippen LogP contribution is -2.18. The summed E-state index contributed by atoms with van der Waals surface area (Å²) in [6.07, 6.45) is -0.312. The Labute approximate surface area is 163 Å². The fourth-order valence-corrected chi connectivity index (χ4v) is 3.19. The van der Waals surface area contributed by atoms with Gasteiger partial charge in [-0.2, -0.15) is 0 Å². The first-order valence-electron chi connectivity index (χ1n) is 9.12. The lowest BCUT2D eigenvalue weighted by molar-refractivity contribution is 0.147. The average Bonchev–Trinajstić information content (AvgIpc) is 3.13. The smallest absolute Gasteiger partial charge is 0.395 e. The fraction of sp³-hybridized carbons (Fsp3) is 0.130. The van der Waals surface area contributed by atoms with Crippen LogP contribution in [0.2, 0.25) is 0 Å². The van der Waals surface area contributed by atoms with E-state index in [1.165, 1.54) is 0 Å². The molecule has 1 aliphatic rings. The van der Waals surface area contributed by atoms with Crippen molar-refractivity contribution in [3.63, 3.8) is 0 Å². The summed E-state index contributed by atoms with van der Waals surface area (Å²) < 4.78 is 10.7. The highest BCUT2D eigenvalue weighted by molar-refractivity contribution is 5.90. The second kappa shape index (κ2) is 7.96. The fourth-order valence-electron chi connectivity index (χ4n) is 3.19. The number of carbonyl (C=O) groups excluding carboxylic acids is 1. The topological polar surface area (TPSA) is 51.1 Å². The minimum absolute atomic E-state index is 0.0506. The van der Waals surface area contributed by atoms with Crippen molar-refractivity contribution < 1.29 is 14.3 Å². The Morgan fingerprint density at radius 2 is 1.64 bits per heavy atom. The molecule has 0 N–H and O–H groups in total. The van der Waals surface area contributed by atoms with Gasteiger partial charge in [0.05, 0.1) is 18.2 Å². The van der Waals surface area contributed by atoms with E-state index in [4.69, 9.17) is 9.47 Å². The predicted molar refractivity (Wildman–Crippen MR) is 108 cm³/mol. The van der Waals surface area contributed by atoms with Gasteiger partial charge in [0.2, 0.25) is 5.90 Å². The third-order valence-corrected chi connectivity index (χ3v) is 4.48. The summed E-state index contributed by atoms with van der Waals surface area (Å²) in [5.41, 5.74) is 3.03. The monoisotopic (exact) mass is 372 g/mol. The SMILES string of the molecule is Cc1cccc(OC(=O)OC2=NN(c3ccccc3)C(c3ccccc3)C2)c1. The molecule has 0 fully saturated rings. The number of ether oxygens (including phenoxy) is 2. The average molecular weight is 372 g/mol. The van der Waals surface area contributed by atoms with Crippen molar-refractivity contribution in [1.82, 2.24) is 0 Å². The van der Waals surface area contributed by atoms with Crippen LogP contribution >= 0.6 is 0 Å². The van der Waals surface area contributed by atoms with E-state index in [0.717, 1.165) is 16.8 Å². The van der Waals surface area contributed by atoms with Crippen molar-refractivity contribution >= 4 is 17.7 Å². The first kappa shape index (κ1) is 17.8. The summed E-state index contributed by atoms with van der Waals surface area (Å²) >= 11 is 0. The summed E-state index contributed by atoms with van der Waals surface area (Å²) in [6.45, 7) is 1.93. The Hall–Kier alpha value is -3.60. The Kier molecular flexibility index (Phi) is 5.06. The van der Waals surface area contributed by atoms with Crippen LogP contribution in [0.1, 0.15) is 23.6 Å². The van der Waals surface area contributed by atoms with Crippen LogP contribution in [0.15, 0.2) is 90.0 Å². The zero-order valence-electron chi connectivity index (χ0n) is 15.5. The summed E-state index contributed by atoms with van der Waals surface area (Å²) in [7, 11) is 0. The molecule has 3 aromatic rings. The number of nitrogens with zero attached hydrogens (tertiary/aromatic N) is 2. The molecule has 5 nitrogen and oxygen atoms in total. The Bertz CT molecular complexity index is 987. The molecule has 28 heavy (non-hydrogen) atoms. The normalized spacial score (nSPS) is 15.8. The van der Waals surface area contributed by atoms with E-state index in [0.29, 0.717) is 18.1 Å². The molecule has 0 spiro atoms. The number of carbonyl (C=O) groups is 1. The standard InChI is InChI=1S/C23H20N2O3/c1-17-9-8-14-20(15-17)27-23(26)28-22-16-21(18-10-4-2-5-11-18)25(24-22)19-12-6-3-7-13-19/h2-15,21H,16H2,1H3. The first-order chi connectivity index (χ1) is 13.7. The largest absolute Gasteiger partial charge is 0.520 e. The molecule has 0 aliphatic carbocycles.